The summed E-state index contributed by atoms with van der Waals surface area (Å²) < 4.78 is 13.3. The van der Waals surface area contributed by atoms with Crippen molar-refractivity contribution in [3.63, 3.8) is 0 Å². The number of halogens is 2. The predicted octanol–water partition coefficient (Wildman–Crippen LogP) is 4.22. The van der Waals surface area contributed by atoms with Gasteiger partial charge in [-0.3, -0.25) is 4.98 Å². The zero-order valence-electron chi connectivity index (χ0n) is 10.7. The molecule has 2 nitrogen and oxygen atoms in total. The molecule has 0 aliphatic heterocycles. The number of hydrogen-bond donors (Lipinski definition) is 1. The van der Waals surface area contributed by atoms with Crippen molar-refractivity contribution in [3.05, 3.63) is 51.2 Å². The van der Waals surface area contributed by atoms with Crippen molar-refractivity contribution < 1.29 is 4.39 Å². The summed E-state index contributed by atoms with van der Waals surface area (Å²) in [6.07, 6.45) is 3.57. The first-order chi connectivity index (χ1) is 9.20. The molecule has 2 aromatic rings. The van der Waals surface area contributed by atoms with Gasteiger partial charge < -0.3 is 5.32 Å². The average molecular weight is 299 g/mol. The maximum Gasteiger partial charge on any atom is 0.123 e. The van der Waals surface area contributed by atoms with Crippen LogP contribution in [0.2, 0.25) is 5.02 Å². The lowest BCUT2D eigenvalue weighted by Gasteiger charge is -2.17. The summed E-state index contributed by atoms with van der Waals surface area (Å²) in [7, 11) is 0. The largest absolute Gasteiger partial charge is 0.309 e. The van der Waals surface area contributed by atoms with Crippen LogP contribution in [0.4, 0.5) is 4.39 Å². The van der Waals surface area contributed by atoms with E-state index in [2.05, 4.69) is 17.2 Å². The summed E-state index contributed by atoms with van der Waals surface area (Å²) in [5, 5.41) is 4.06. The first-order valence-electron chi connectivity index (χ1n) is 6.26. The van der Waals surface area contributed by atoms with Crippen LogP contribution in [0.15, 0.2) is 29.9 Å². The Balaban J connectivity index is 2.17. The van der Waals surface area contributed by atoms with Gasteiger partial charge in [-0.2, -0.15) is 0 Å². The van der Waals surface area contributed by atoms with Crippen LogP contribution < -0.4 is 5.32 Å². The van der Waals surface area contributed by atoms with Crippen LogP contribution >= 0.6 is 22.9 Å². The molecule has 102 valence electrons. The molecule has 1 aromatic heterocycles. The SMILES string of the molecule is CCCNC(Cc1cc(F)ccc1Cl)c1cncs1. The Kier molecular flexibility index (Phi) is 5.31. The van der Waals surface area contributed by atoms with Crippen molar-refractivity contribution in [3.8, 4) is 0 Å². The van der Waals surface area contributed by atoms with Crippen molar-refractivity contribution in [2.45, 2.75) is 25.8 Å². The maximum absolute atomic E-state index is 13.3. The third kappa shape index (κ3) is 4.00. The third-order valence-electron chi connectivity index (χ3n) is 2.87. The molecule has 5 heteroatoms. The van der Waals surface area contributed by atoms with Crippen LogP contribution in [-0.2, 0) is 6.42 Å². The zero-order valence-corrected chi connectivity index (χ0v) is 12.3. The molecule has 19 heavy (non-hydrogen) atoms. The Labute approximate surface area is 121 Å². The molecule has 1 atom stereocenters. The summed E-state index contributed by atoms with van der Waals surface area (Å²) in [5.41, 5.74) is 2.63. The number of nitrogens with one attached hydrogen (secondary N) is 1. The van der Waals surface area contributed by atoms with Crippen molar-refractivity contribution >= 4 is 22.9 Å². The molecule has 1 unspecified atom stereocenters. The van der Waals surface area contributed by atoms with Crippen LogP contribution in [0.3, 0.4) is 0 Å². The Bertz CT molecular complexity index is 516. The fraction of sp³-hybridized carbons (Fsp3) is 0.357. The molecule has 1 heterocycles. The number of nitrogens with zero attached hydrogens (tertiary/aromatic N) is 1. The van der Waals surface area contributed by atoms with E-state index in [4.69, 9.17) is 11.6 Å². The number of thiazole rings is 1. The summed E-state index contributed by atoms with van der Waals surface area (Å²) in [6, 6.07) is 4.62. The third-order valence-corrected chi connectivity index (χ3v) is 4.13. The molecule has 0 aliphatic rings. The molecule has 2 rings (SSSR count). The minimum absolute atomic E-state index is 0.131. The molecule has 0 amide bonds. The van der Waals surface area contributed by atoms with Crippen molar-refractivity contribution in [2.24, 2.45) is 0 Å². The molecular formula is C14H16ClFN2S. The fourth-order valence-electron chi connectivity index (χ4n) is 1.91. The van der Waals surface area contributed by atoms with E-state index in [1.807, 2.05) is 11.7 Å². The van der Waals surface area contributed by atoms with E-state index < -0.39 is 0 Å². The van der Waals surface area contributed by atoms with Gasteiger partial charge in [-0.15, -0.1) is 11.3 Å². The van der Waals surface area contributed by atoms with E-state index in [9.17, 15) is 4.39 Å². The highest BCUT2D eigenvalue weighted by atomic mass is 35.5. The topological polar surface area (TPSA) is 24.9 Å². The van der Waals surface area contributed by atoms with E-state index >= 15 is 0 Å². The molecule has 0 spiro atoms. The van der Waals surface area contributed by atoms with E-state index in [1.165, 1.54) is 12.1 Å². The number of benzene rings is 1. The molecule has 1 N–H and O–H groups in total. The monoisotopic (exact) mass is 298 g/mol. The molecule has 1 aromatic carbocycles. The Morgan fingerprint density at radius 1 is 1.47 bits per heavy atom. The van der Waals surface area contributed by atoms with E-state index in [0.29, 0.717) is 11.4 Å². The molecule has 0 saturated heterocycles. The number of hydrogen-bond acceptors (Lipinski definition) is 3. The second-order valence-corrected chi connectivity index (χ2v) is 5.68. The minimum atomic E-state index is -0.252. The lowest BCUT2D eigenvalue weighted by molar-refractivity contribution is 0.533. The average Bonchev–Trinajstić information content (AvgIpc) is 2.92. The van der Waals surface area contributed by atoms with Gasteiger partial charge in [0, 0.05) is 22.1 Å². The van der Waals surface area contributed by atoms with E-state index in [-0.39, 0.29) is 11.9 Å². The van der Waals surface area contributed by atoms with Gasteiger partial charge in [0.2, 0.25) is 0 Å². The van der Waals surface area contributed by atoms with Gasteiger partial charge in [0.1, 0.15) is 5.82 Å². The standard InChI is InChI=1S/C14H16ClFN2S/c1-2-5-18-13(14-8-17-9-19-14)7-10-6-11(16)3-4-12(10)15/h3-4,6,8-9,13,18H,2,5,7H2,1H3. The zero-order chi connectivity index (χ0) is 13.7. The first-order valence-corrected chi connectivity index (χ1v) is 7.52. The highest BCUT2D eigenvalue weighted by molar-refractivity contribution is 7.09. The molecule has 0 fully saturated rings. The second kappa shape index (κ2) is 6.98. The minimum Gasteiger partial charge on any atom is -0.309 e. The summed E-state index contributed by atoms with van der Waals surface area (Å²) in [5.74, 6) is -0.252. The second-order valence-electron chi connectivity index (χ2n) is 4.35. The Hall–Kier alpha value is -0.970. The van der Waals surface area contributed by atoms with Gasteiger partial charge in [-0.05, 0) is 43.1 Å². The van der Waals surface area contributed by atoms with Gasteiger partial charge in [-0.1, -0.05) is 18.5 Å². The van der Waals surface area contributed by atoms with Crippen LogP contribution in [-0.4, -0.2) is 11.5 Å². The first kappa shape index (κ1) is 14.4. The van der Waals surface area contributed by atoms with Crippen LogP contribution in [0.1, 0.15) is 29.8 Å². The number of rotatable bonds is 6. The van der Waals surface area contributed by atoms with Gasteiger partial charge in [0.15, 0.2) is 0 Å². The van der Waals surface area contributed by atoms with Crippen LogP contribution in [0.5, 0.6) is 0 Å². The van der Waals surface area contributed by atoms with Gasteiger partial charge in [0.05, 0.1) is 5.51 Å². The lowest BCUT2D eigenvalue weighted by Crippen LogP contribution is -2.23. The van der Waals surface area contributed by atoms with Gasteiger partial charge in [-0.25, -0.2) is 4.39 Å². The van der Waals surface area contributed by atoms with Gasteiger partial charge >= 0.3 is 0 Å². The maximum atomic E-state index is 13.3. The quantitative estimate of drug-likeness (QED) is 0.864. The van der Waals surface area contributed by atoms with E-state index in [0.717, 1.165) is 23.4 Å². The fourth-order valence-corrected chi connectivity index (χ4v) is 2.80. The van der Waals surface area contributed by atoms with Crippen molar-refractivity contribution in [1.29, 1.82) is 0 Å². The molecule has 0 saturated carbocycles. The van der Waals surface area contributed by atoms with Gasteiger partial charge in [0.25, 0.3) is 0 Å². The summed E-state index contributed by atoms with van der Waals surface area (Å²) in [4.78, 5) is 5.25. The van der Waals surface area contributed by atoms with Crippen molar-refractivity contribution in [1.82, 2.24) is 10.3 Å². The lowest BCUT2D eigenvalue weighted by atomic mass is 10.0. The normalized spacial score (nSPS) is 12.6. The van der Waals surface area contributed by atoms with E-state index in [1.54, 1.807) is 17.4 Å². The Morgan fingerprint density at radius 2 is 2.32 bits per heavy atom. The van der Waals surface area contributed by atoms with Crippen LogP contribution in [0.25, 0.3) is 0 Å². The number of aromatic nitrogens is 1. The molecule has 0 radical (unpaired) electrons. The summed E-state index contributed by atoms with van der Waals surface area (Å²) in [6.45, 7) is 3.03. The highest BCUT2D eigenvalue weighted by Gasteiger charge is 2.15. The Morgan fingerprint density at radius 3 is 3.00 bits per heavy atom. The molecule has 0 bridgehead atoms. The molecule has 0 aliphatic carbocycles. The summed E-state index contributed by atoms with van der Waals surface area (Å²) >= 11 is 7.73. The highest BCUT2D eigenvalue weighted by Crippen LogP contribution is 2.26. The molecular weight excluding hydrogens is 283 g/mol. The van der Waals surface area contributed by atoms with Crippen LogP contribution in [0, 0.1) is 5.82 Å². The van der Waals surface area contributed by atoms with Crippen molar-refractivity contribution in [2.75, 3.05) is 6.54 Å². The smallest absolute Gasteiger partial charge is 0.123 e. The predicted molar refractivity (Wildman–Crippen MR) is 78.3 cm³/mol.